The highest BCUT2D eigenvalue weighted by atomic mass is 19.2. The van der Waals surface area contributed by atoms with Crippen molar-refractivity contribution < 1.29 is 13.2 Å². The average molecular weight is 383 g/mol. The van der Waals surface area contributed by atoms with Gasteiger partial charge in [-0.2, -0.15) is 9.37 Å². The Bertz CT molecular complexity index is 1170. The number of benzene rings is 2. The van der Waals surface area contributed by atoms with E-state index in [1.54, 1.807) is 0 Å². The molecule has 0 unspecified atom stereocenters. The minimum atomic E-state index is -1.03. The van der Waals surface area contributed by atoms with E-state index in [4.69, 9.17) is 0 Å². The van der Waals surface area contributed by atoms with Gasteiger partial charge in [-0.05, 0) is 53.8 Å². The highest BCUT2D eigenvalue weighted by Crippen LogP contribution is 2.28. The Morgan fingerprint density at radius 3 is 2.71 bits per heavy atom. The number of aryl methyl sites for hydroxylation is 1. The van der Waals surface area contributed by atoms with Gasteiger partial charge >= 0.3 is 5.56 Å². The molecule has 3 aromatic rings. The van der Waals surface area contributed by atoms with Crippen LogP contribution in [-0.4, -0.2) is 9.55 Å². The fourth-order valence-electron chi connectivity index (χ4n) is 3.21. The summed E-state index contributed by atoms with van der Waals surface area (Å²) in [5.74, 6) is -2.88. The maximum absolute atomic E-state index is 13.8. The Kier molecular flexibility index (Phi) is 4.50. The van der Waals surface area contributed by atoms with Crippen LogP contribution >= 0.6 is 0 Å². The number of aromatic nitrogens is 2. The van der Waals surface area contributed by atoms with Crippen LogP contribution in [0.15, 0.2) is 47.4 Å². The van der Waals surface area contributed by atoms with Crippen molar-refractivity contribution in [1.82, 2.24) is 9.55 Å². The van der Waals surface area contributed by atoms with Gasteiger partial charge in [-0.25, -0.2) is 8.78 Å². The molecular formula is C21H16F3N3O. The zero-order valence-electron chi connectivity index (χ0n) is 15.0. The van der Waals surface area contributed by atoms with Crippen LogP contribution < -0.4 is 10.9 Å². The molecule has 0 aliphatic heterocycles. The van der Waals surface area contributed by atoms with Gasteiger partial charge in [0.1, 0.15) is 0 Å². The molecule has 1 aliphatic rings. The van der Waals surface area contributed by atoms with Gasteiger partial charge in [0.2, 0.25) is 11.8 Å². The predicted molar refractivity (Wildman–Crippen MR) is 101 cm³/mol. The van der Waals surface area contributed by atoms with Crippen molar-refractivity contribution in [1.29, 1.82) is 0 Å². The van der Waals surface area contributed by atoms with E-state index in [0.717, 1.165) is 41.6 Å². The molecule has 0 atom stereocenters. The molecule has 142 valence electrons. The third-order valence-corrected chi connectivity index (χ3v) is 4.66. The first-order valence-corrected chi connectivity index (χ1v) is 8.69. The number of rotatable bonds is 4. The van der Waals surface area contributed by atoms with E-state index in [1.807, 2.05) is 25.1 Å². The summed E-state index contributed by atoms with van der Waals surface area (Å²) in [7, 11) is 0. The van der Waals surface area contributed by atoms with E-state index in [1.165, 1.54) is 16.2 Å². The Hall–Kier alpha value is -3.35. The van der Waals surface area contributed by atoms with E-state index >= 15 is 0 Å². The van der Waals surface area contributed by atoms with Crippen molar-refractivity contribution in [2.75, 3.05) is 5.32 Å². The largest absolute Gasteiger partial charge is 0.325 e. The zero-order valence-corrected chi connectivity index (χ0v) is 15.0. The highest BCUT2D eigenvalue weighted by Gasteiger charge is 2.14. The second-order valence-electron chi connectivity index (χ2n) is 6.69. The average Bonchev–Trinajstić information content (AvgIpc) is 3.09. The normalized spacial score (nSPS) is 12.3. The molecule has 4 rings (SSSR count). The molecule has 28 heavy (non-hydrogen) atoms. The Morgan fingerprint density at radius 2 is 1.93 bits per heavy atom. The summed E-state index contributed by atoms with van der Waals surface area (Å²) < 4.78 is 41.9. The van der Waals surface area contributed by atoms with Crippen molar-refractivity contribution in [2.45, 2.75) is 19.9 Å². The van der Waals surface area contributed by atoms with Gasteiger partial charge in [0.15, 0.2) is 11.6 Å². The summed E-state index contributed by atoms with van der Waals surface area (Å²) in [6.07, 6.45) is 5.93. The molecule has 1 aromatic heterocycles. The van der Waals surface area contributed by atoms with Gasteiger partial charge in [0.25, 0.3) is 0 Å². The van der Waals surface area contributed by atoms with Crippen LogP contribution in [-0.2, 0) is 13.0 Å². The van der Waals surface area contributed by atoms with Crippen LogP contribution in [0, 0.1) is 24.4 Å². The van der Waals surface area contributed by atoms with Crippen LogP contribution in [0.5, 0.6) is 0 Å². The number of nitrogens with one attached hydrogen (secondary N) is 1. The molecule has 2 aromatic carbocycles. The summed E-state index contributed by atoms with van der Waals surface area (Å²) >= 11 is 0. The monoisotopic (exact) mass is 383 g/mol. The lowest BCUT2D eigenvalue weighted by molar-refractivity contribution is 0.506. The minimum Gasteiger partial charge on any atom is -0.325 e. The quantitative estimate of drug-likeness (QED) is 0.730. The van der Waals surface area contributed by atoms with Gasteiger partial charge in [0, 0.05) is 11.9 Å². The van der Waals surface area contributed by atoms with Crippen molar-refractivity contribution in [2.24, 2.45) is 0 Å². The number of allylic oxidation sites excluding steroid dienone is 1. The van der Waals surface area contributed by atoms with Crippen molar-refractivity contribution in [3.8, 4) is 0 Å². The highest BCUT2D eigenvalue weighted by molar-refractivity contribution is 5.70. The minimum absolute atomic E-state index is 0.00756. The Labute approximate surface area is 159 Å². The Balaban J connectivity index is 1.72. The number of nitrogens with zero attached hydrogens (tertiary/aromatic N) is 2. The first-order valence-electron chi connectivity index (χ1n) is 8.69. The molecule has 0 bridgehead atoms. The molecule has 7 heteroatoms. The smallest absolute Gasteiger partial charge is 0.310 e. The second-order valence-corrected chi connectivity index (χ2v) is 6.69. The van der Waals surface area contributed by atoms with E-state index in [-0.39, 0.29) is 12.5 Å². The summed E-state index contributed by atoms with van der Waals surface area (Å²) in [6.45, 7) is 1.93. The number of anilines is 2. The van der Waals surface area contributed by atoms with Crippen molar-refractivity contribution >= 4 is 17.7 Å². The molecule has 0 amide bonds. The third-order valence-electron chi connectivity index (χ3n) is 4.66. The predicted octanol–water partition coefficient (Wildman–Crippen LogP) is 4.33. The topological polar surface area (TPSA) is 46.9 Å². The lowest BCUT2D eigenvalue weighted by Gasteiger charge is -2.16. The number of halogens is 3. The lowest BCUT2D eigenvalue weighted by Crippen LogP contribution is -2.20. The van der Waals surface area contributed by atoms with Crippen molar-refractivity contribution in [3.05, 3.63) is 92.7 Å². The molecule has 1 N–H and O–H groups in total. The van der Waals surface area contributed by atoms with Crippen LogP contribution in [0.1, 0.15) is 22.3 Å². The molecule has 0 spiro atoms. The fourth-order valence-corrected chi connectivity index (χ4v) is 3.21. The second kappa shape index (κ2) is 6.99. The number of hydrogen-bond donors (Lipinski definition) is 1. The molecule has 0 fully saturated rings. The van der Waals surface area contributed by atoms with Crippen LogP contribution in [0.2, 0.25) is 0 Å². The van der Waals surface area contributed by atoms with Gasteiger partial charge in [0.05, 0.1) is 6.54 Å². The molecule has 1 aliphatic carbocycles. The van der Waals surface area contributed by atoms with E-state index in [9.17, 15) is 18.0 Å². The van der Waals surface area contributed by atoms with Gasteiger partial charge in [-0.1, -0.05) is 24.3 Å². The maximum atomic E-state index is 13.8. The van der Waals surface area contributed by atoms with Gasteiger partial charge < -0.3 is 9.88 Å². The molecular weight excluding hydrogens is 367 g/mol. The zero-order chi connectivity index (χ0) is 19.8. The third kappa shape index (κ3) is 3.43. The molecule has 0 saturated carbocycles. The van der Waals surface area contributed by atoms with Crippen LogP contribution in [0.3, 0.4) is 0 Å². The van der Waals surface area contributed by atoms with E-state index in [0.29, 0.717) is 5.56 Å². The molecule has 0 radical (unpaired) electrons. The number of fused-ring (bicyclic) bond motifs is 1. The molecule has 4 nitrogen and oxygen atoms in total. The first kappa shape index (κ1) is 18.0. The lowest BCUT2D eigenvalue weighted by atomic mass is 10.0. The SMILES string of the molecule is Cc1cc2c(cc1Nc1nc(=O)c(F)cn1Cc1ccc(F)c(F)c1)C=CC2. The van der Waals surface area contributed by atoms with Crippen LogP contribution in [0.4, 0.5) is 24.8 Å². The van der Waals surface area contributed by atoms with Gasteiger partial charge in [-0.15, -0.1) is 0 Å². The number of hydrogen-bond acceptors (Lipinski definition) is 3. The van der Waals surface area contributed by atoms with Crippen molar-refractivity contribution in [3.63, 3.8) is 0 Å². The summed E-state index contributed by atoms with van der Waals surface area (Å²) in [5.41, 5.74) is 3.34. The Morgan fingerprint density at radius 1 is 1.11 bits per heavy atom. The van der Waals surface area contributed by atoms with Crippen LogP contribution in [0.25, 0.3) is 6.08 Å². The fraction of sp³-hybridized carbons (Fsp3) is 0.143. The summed E-state index contributed by atoms with van der Waals surface area (Å²) in [6, 6.07) is 7.40. The summed E-state index contributed by atoms with van der Waals surface area (Å²) in [5, 5.41) is 3.07. The molecule has 1 heterocycles. The standard InChI is InChI=1S/C21H16F3N3O/c1-12-7-14-3-2-4-15(14)9-19(12)25-21-26-20(28)18(24)11-27(21)10-13-5-6-16(22)17(23)8-13/h2,4-9,11H,3,10H2,1H3,(H,25,26,28). The van der Waals surface area contributed by atoms with E-state index < -0.39 is 23.0 Å². The van der Waals surface area contributed by atoms with Gasteiger partial charge in [-0.3, -0.25) is 4.79 Å². The maximum Gasteiger partial charge on any atom is 0.310 e. The molecule has 0 saturated heterocycles. The summed E-state index contributed by atoms with van der Waals surface area (Å²) in [4.78, 5) is 15.5. The first-order chi connectivity index (χ1) is 13.4. The van der Waals surface area contributed by atoms with E-state index in [2.05, 4.69) is 16.4 Å².